The number of fused-ring (bicyclic) bond motifs is 1. The van der Waals surface area contributed by atoms with Crippen molar-refractivity contribution in [2.24, 2.45) is 0 Å². The van der Waals surface area contributed by atoms with E-state index in [1.54, 1.807) is 18.2 Å². The van der Waals surface area contributed by atoms with E-state index in [9.17, 15) is 9.59 Å². The van der Waals surface area contributed by atoms with Crippen LogP contribution in [0.1, 0.15) is 31.8 Å². The number of amides is 2. The van der Waals surface area contributed by atoms with Crippen LogP contribution in [0.5, 0.6) is 0 Å². The SMILES string of the molecule is O=C1c2ccc(NC(=S)NCCc3ccccc3)cc2C(=O)N1Cc1ccccc1. The van der Waals surface area contributed by atoms with Crippen LogP contribution in [-0.2, 0) is 13.0 Å². The highest BCUT2D eigenvalue weighted by Gasteiger charge is 2.35. The number of hydrogen-bond donors (Lipinski definition) is 2. The Labute approximate surface area is 180 Å². The fourth-order valence-electron chi connectivity index (χ4n) is 3.42. The molecule has 0 saturated carbocycles. The van der Waals surface area contributed by atoms with Gasteiger partial charge in [0.25, 0.3) is 11.8 Å². The number of imide groups is 1. The molecule has 1 heterocycles. The van der Waals surface area contributed by atoms with Crippen molar-refractivity contribution in [2.45, 2.75) is 13.0 Å². The van der Waals surface area contributed by atoms with Gasteiger partial charge in [-0.2, -0.15) is 0 Å². The number of thiocarbonyl (C=S) groups is 1. The van der Waals surface area contributed by atoms with Crippen LogP contribution in [-0.4, -0.2) is 28.4 Å². The second-order valence-electron chi connectivity index (χ2n) is 7.06. The van der Waals surface area contributed by atoms with E-state index < -0.39 is 0 Å². The third-order valence-corrected chi connectivity index (χ3v) is 5.20. The summed E-state index contributed by atoms with van der Waals surface area (Å²) < 4.78 is 0. The first-order valence-corrected chi connectivity index (χ1v) is 10.2. The highest BCUT2D eigenvalue weighted by Crippen LogP contribution is 2.27. The van der Waals surface area contributed by atoms with Crippen molar-refractivity contribution in [3.05, 3.63) is 101 Å². The number of carbonyl (C=O) groups is 2. The lowest BCUT2D eigenvalue weighted by Crippen LogP contribution is -2.30. The molecule has 6 heteroatoms. The van der Waals surface area contributed by atoms with Crippen molar-refractivity contribution in [3.8, 4) is 0 Å². The van der Waals surface area contributed by atoms with Crippen molar-refractivity contribution in [3.63, 3.8) is 0 Å². The largest absolute Gasteiger partial charge is 0.362 e. The van der Waals surface area contributed by atoms with E-state index in [0.29, 0.717) is 28.5 Å². The smallest absolute Gasteiger partial charge is 0.261 e. The number of hydrogen-bond acceptors (Lipinski definition) is 3. The highest BCUT2D eigenvalue weighted by molar-refractivity contribution is 7.80. The summed E-state index contributed by atoms with van der Waals surface area (Å²) >= 11 is 5.36. The Balaban J connectivity index is 1.38. The average molecular weight is 416 g/mol. The maximum Gasteiger partial charge on any atom is 0.261 e. The molecule has 0 radical (unpaired) electrons. The molecule has 0 aromatic heterocycles. The van der Waals surface area contributed by atoms with Crippen molar-refractivity contribution in [2.75, 3.05) is 11.9 Å². The van der Waals surface area contributed by atoms with Gasteiger partial charge in [-0.15, -0.1) is 0 Å². The Morgan fingerprint density at radius 3 is 2.13 bits per heavy atom. The van der Waals surface area contributed by atoms with Crippen LogP contribution in [0, 0.1) is 0 Å². The highest BCUT2D eigenvalue weighted by atomic mass is 32.1. The zero-order chi connectivity index (χ0) is 20.9. The van der Waals surface area contributed by atoms with Crippen LogP contribution in [0.3, 0.4) is 0 Å². The van der Waals surface area contributed by atoms with Crippen LogP contribution in [0.25, 0.3) is 0 Å². The Morgan fingerprint density at radius 1 is 0.800 bits per heavy atom. The second-order valence-corrected chi connectivity index (χ2v) is 7.47. The molecule has 30 heavy (non-hydrogen) atoms. The first kappa shape index (κ1) is 19.8. The van der Waals surface area contributed by atoms with Gasteiger partial charge in [0.05, 0.1) is 17.7 Å². The molecular formula is C24H21N3O2S. The minimum atomic E-state index is -0.287. The molecular weight excluding hydrogens is 394 g/mol. The van der Waals surface area contributed by atoms with Crippen LogP contribution >= 0.6 is 12.2 Å². The molecule has 0 atom stereocenters. The lowest BCUT2D eigenvalue weighted by molar-refractivity contribution is 0.0642. The zero-order valence-corrected chi connectivity index (χ0v) is 17.1. The molecule has 0 unspecified atom stereocenters. The summed E-state index contributed by atoms with van der Waals surface area (Å²) in [5.41, 5.74) is 3.63. The molecule has 0 spiro atoms. The predicted molar refractivity (Wildman–Crippen MR) is 121 cm³/mol. The second kappa shape index (κ2) is 8.88. The van der Waals surface area contributed by atoms with Gasteiger partial charge in [-0.25, -0.2) is 0 Å². The normalized spacial score (nSPS) is 12.6. The fourth-order valence-corrected chi connectivity index (χ4v) is 3.64. The molecule has 3 aromatic carbocycles. The van der Waals surface area contributed by atoms with Gasteiger partial charge in [0.15, 0.2) is 5.11 Å². The molecule has 0 bridgehead atoms. The summed E-state index contributed by atoms with van der Waals surface area (Å²) in [5.74, 6) is -0.556. The van der Waals surface area contributed by atoms with E-state index in [-0.39, 0.29) is 18.4 Å². The summed E-state index contributed by atoms with van der Waals surface area (Å²) in [6, 6.07) is 24.8. The Bertz CT molecular complexity index is 1080. The minimum absolute atomic E-state index is 0.259. The topological polar surface area (TPSA) is 61.4 Å². The summed E-state index contributed by atoms with van der Waals surface area (Å²) in [5, 5.41) is 6.74. The summed E-state index contributed by atoms with van der Waals surface area (Å²) in [6.07, 6.45) is 0.855. The predicted octanol–water partition coefficient (Wildman–Crippen LogP) is 4.01. The van der Waals surface area contributed by atoms with Crippen molar-refractivity contribution in [1.29, 1.82) is 0 Å². The van der Waals surface area contributed by atoms with Gasteiger partial charge in [-0.3, -0.25) is 14.5 Å². The molecule has 0 aliphatic carbocycles. The zero-order valence-electron chi connectivity index (χ0n) is 16.3. The number of benzene rings is 3. The van der Waals surface area contributed by atoms with Gasteiger partial charge in [0, 0.05) is 12.2 Å². The van der Waals surface area contributed by atoms with Crippen molar-refractivity contribution in [1.82, 2.24) is 10.2 Å². The van der Waals surface area contributed by atoms with Gasteiger partial charge in [0.1, 0.15) is 0 Å². The van der Waals surface area contributed by atoms with E-state index in [0.717, 1.165) is 12.0 Å². The number of carbonyl (C=O) groups excluding carboxylic acids is 2. The van der Waals surface area contributed by atoms with Gasteiger partial charge < -0.3 is 10.6 Å². The number of rotatable bonds is 6. The Kier molecular flexibility index (Phi) is 5.86. The molecule has 2 amide bonds. The molecule has 150 valence electrons. The molecule has 1 aliphatic heterocycles. The third kappa shape index (κ3) is 4.39. The summed E-state index contributed by atoms with van der Waals surface area (Å²) in [4.78, 5) is 26.8. The maximum absolute atomic E-state index is 12.8. The number of anilines is 1. The number of nitrogens with zero attached hydrogens (tertiary/aromatic N) is 1. The molecule has 0 saturated heterocycles. The van der Waals surface area contributed by atoms with Gasteiger partial charge in [-0.1, -0.05) is 60.7 Å². The molecule has 2 N–H and O–H groups in total. The Morgan fingerprint density at radius 2 is 1.43 bits per heavy atom. The van der Waals surface area contributed by atoms with Crippen LogP contribution in [0.4, 0.5) is 5.69 Å². The third-order valence-electron chi connectivity index (χ3n) is 4.95. The summed E-state index contributed by atoms with van der Waals surface area (Å²) in [6.45, 7) is 0.957. The van der Waals surface area contributed by atoms with Crippen molar-refractivity contribution >= 4 is 34.8 Å². The van der Waals surface area contributed by atoms with Crippen LogP contribution < -0.4 is 10.6 Å². The van der Waals surface area contributed by atoms with Gasteiger partial charge in [0.2, 0.25) is 0 Å². The molecule has 4 rings (SSSR count). The Hall–Kier alpha value is -3.51. The number of nitrogens with one attached hydrogen (secondary N) is 2. The average Bonchev–Trinajstić information content (AvgIpc) is 3.00. The van der Waals surface area contributed by atoms with Crippen LogP contribution in [0.15, 0.2) is 78.9 Å². The molecule has 1 aliphatic rings. The standard InChI is InChI=1S/C24H21N3O2S/c28-22-20-12-11-19(26-24(30)25-14-13-17-7-3-1-4-8-17)15-21(20)23(29)27(22)16-18-9-5-2-6-10-18/h1-12,15H,13-14,16H2,(H2,25,26,30). The quantitative estimate of drug-likeness (QED) is 0.471. The lowest BCUT2D eigenvalue weighted by Gasteiger charge is -2.13. The molecule has 3 aromatic rings. The van der Waals surface area contributed by atoms with E-state index in [2.05, 4.69) is 22.8 Å². The monoisotopic (exact) mass is 415 g/mol. The van der Waals surface area contributed by atoms with Gasteiger partial charge in [-0.05, 0) is 48.0 Å². The van der Waals surface area contributed by atoms with E-state index in [4.69, 9.17) is 12.2 Å². The van der Waals surface area contributed by atoms with E-state index in [1.807, 2.05) is 48.5 Å². The fraction of sp³-hybridized carbons (Fsp3) is 0.125. The first-order valence-electron chi connectivity index (χ1n) is 9.75. The van der Waals surface area contributed by atoms with Crippen LogP contribution in [0.2, 0.25) is 0 Å². The molecule has 5 nitrogen and oxygen atoms in total. The minimum Gasteiger partial charge on any atom is -0.362 e. The van der Waals surface area contributed by atoms with E-state index in [1.165, 1.54) is 10.5 Å². The molecule has 0 fully saturated rings. The first-order chi connectivity index (χ1) is 14.6. The lowest BCUT2D eigenvalue weighted by atomic mass is 10.1. The van der Waals surface area contributed by atoms with Crippen molar-refractivity contribution < 1.29 is 9.59 Å². The van der Waals surface area contributed by atoms with Gasteiger partial charge >= 0.3 is 0 Å². The van der Waals surface area contributed by atoms with E-state index >= 15 is 0 Å². The maximum atomic E-state index is 12.8. The summed E-state index contributed by atoms with van der Waals surface area (Å²) in [7, 11) is 0.